The molecular weight excluding hydrogens is 1650 g/mol. The molecule has 0 saturated carbocycles. The van der Waals surface area contributed by atoms with Crippen molar-refractivity contribution >= 4 is 86.4 Å². The zero-order valence-corrected chi connectivity index (χ0v) is 79.0. The Labute approximate surface area is 787 Å². The summed E-state index contributed by atoms with van der Waals surface area (Å²) in [6.07, 6.45) is 17.4. The van der Waals surface area contributed by atoms with E-state index in [1.54, 1.807) is 0 Å². The molecule has 0 atom stereocenters. The van der Waals surface area contributed by atoms with E-state index in [1.807, 2.05) is 0 Å². The third-order valence-corrected chi connectivity index (χ3v) is 29.0. The molecule has 0 N–H and O–H groups in total. The number of unbranched alkanes of at least 4 members (excludes halogenated alkanes) is 8. The van der Waals surface area contributed by atoms with Crippen LogP contribution in [0.2, 0.25) is 0 Å². The zero-order chi connectivity index (χ0) is 90.5. The van der Waals surface area contributed by atoms with Crippen molar-refractivity contribution in [2.24, 2.45) is 21.7 Å². The van der Waals surface area contributed by atoms with E-state index < -0.39 is 0 Å². The quantitative estimate of drug-likeness (QED) is 0.0205. The summed E-state index contributed by atoms with van der Waals surface area (Å²) in [7, 11) is 0. The van der Waals surface area contributed by atoms with Gasteiger partial charge in [0.2, 0.25) is 0 Å². The first-order valence-electron chi connectivity index (χ1n) is 49.7. The van der Waals surface area contributed by atoms with Crippen LogP contribution < -0.4 is 0 Å². The molecule has 4 aliphatic rings. The van der Waals surface area contributed by atoms with Crippen LogP contribution in [0.25, 0.3) is 137 Å². The number of hydrogen-bond acceptors (Lipinski definition) is 12. The largest absolute Gasteiger partial charge is 0.381 e. The Morgan fingerprint density at radius 2 is 0.519 bits per heavy atom. The molecular formula is C120H135NO12. The molecule has 0 radical (unpaired) electrons. The number of nitrogens with zero attached hydrogens (tertiary/aromatic N) is 1. The van der Waals surface area contributed by atoms with Gasteiger partial charge < -0.3 is 61.4 Å². The number of aromatic nitrogens is 1. The minimum atomic E-state index is 0.250. The highest BCUT2D eigenvalue weighted by atomic mass is 16.5. The van der Waals surface area contributed by atoms with Crippen LogP contribution in [0, 0.1) is 21.7 Å². The SMILES string of the molecule is CCC1(COCCCCCOCc2ccc(-c3c4ccccc4c(-c4cc5ccc(COCCCCCOCC6(CC)COC6)cc5c5ccccc45)c4ccccc34)cc2)COC1.CCC1(COCCCCCOCc2ccc(-c3c4ccccc4c(-c4ccc5c(c4)c4cc(COCCCCCOCC6(CC)COC6)ccc4n5-c4ccccc4)c4ccccc34)cc2)COC1. The van der Waals surface area contributed by atoms with E-state index in [9.17, 15) is 0 Å². The van der Waals surface area contributed by atoms with E-state index in [1.165, 1.54) is 153 Å². The minimum Gasteiger partial charge on any atom is -0.381 e. The zero-order valence-electron chi connectivity index (χ0n) is 79.0. The summed E-state index contributed by atoms with van der Waals surface area (Å²) in [6, 6.07) is 96.7. The van der Waals surface area contributed by atoms with Crippen molar-refractivity contribution in [1.29, 1.82) is 0 Å². The van der Waals surface area contributed by atoms with Crippen LogP contribution in [-0.4, -0.2) is 137 Å². The van der Waals surface area contributed by atoms with E-state index in [-0.39, 0.29) is 21.7 Å². The third kappa shape index (κ3) is 21.8. The van der Waals surface area contributed by atoms with E-state index in [0.29, 0.717) is 26.4 Å². The number of hydrogen-bond donors (Lipinski definition) is 0. The van der Waals surface area contributed by atoms with E-state index >= 15 is 0 Å². The van der Waals surface area contributed by atoms with Gasteiger partial charge in [-0.3, -0.25) is 0 Å². The molecule has 4 saturated heterocycles. The fourth-order valence-corrected chi connectivity index (χ4v) is 20.0. The monoisotopic (exact) mass is 1780 g/mol. The molecule has 13 heteroatoms. The smallest absolute Gasteiger partial charge is 0.0717 e. The predicted molar refractivity (Wildman–Crippen MR) is 545 cm³/mol. The molecule has 0 amide bonds. The number of para-hydroxylation sites is 1. The van der Waals surface area contributed by atoms with Gasteiger partial charge in [0.15, 0.2) is 0 Å². The molecule has 0 bridgehead atoms. The summed E-state index contributed by atoms with van der Waals surface area (Å²) in [6.45, 7) is 27.6. The number of ether oxygens (including phenoxy) is 12. The Hall–Kier alpha value is -10.0. The lowest BCUT2D eigenvalue weighted by molar-refractivity contribution is -0.150. The molecule has 0 spiro atoms. The molecule has 1 aromatic heterocycles. The van der Waals surface area contributed by atoms with Crippen LogP contribution in [0.4, 0.5) is 0 Å². The van der Waals surface area contributed by atoms with Gasteiger partial charge in [-0.1, -0.05) is 240 Å². The van der Waals surface area contributed by atoms with Gasteiger partial charge in [-0.15, -0.1) is 0 Å². The van der Waals surface area contributed by atoms with Crippen LogP contribution in [0.15, 0.2) is 261 Å². The maximum Gasteiger partial charge on any atom is 0.0717 e. The van der Waals surface area contributed by atoms with Crippen molar-refractivity contribution < 1.29 is 56.8 Å². The molecule has 5 heterocycles. The maximum absolute atomic E-state index is 6.30. The summed E-state index contributed by atoms with van der Waals surface area (Å²) in [5.74, 6) is 0. The highest BCUT2D eigenvalue weighted by molar-refractivity contribution is 6.26. The van der Waals surface area contributed by atoms with Gasteiger partial charge in [0.05, 0.1) is 117 Å². The predicted octanol–water partition coefficient (Wildman–Crippen LogP) is 28.6. The Kier molecular flexibility index (Phi) is 31.6. The van der Waals surface area contributed by atoms with Crippen LogP contribution in [-0.2, 0) is 83.3 Å². The fraction of sp³-hybridized carbons (Fsp3) is 0.400. The minimum absolute atomic E-state index is 0.250. The van der Waals surface area contributed by atoms with Crippen LogP contribution >= 0.6 is 0 Å². The van der Waals surface area contributed by atoms with Crippen LogP contribution in [0.1, 0.15) is 153 Å². The summed E-state index contributed by atoms with van der Waals surface area (Å²) in [4.78, 5) is 0. The molecule has 133 heavy (non-hydrogen) atoms. The van der Waals surface area contributed by atoms with Gasteiger partial charge in [0.1, 0.15) is 0 Å². The van der Waals surface area contributed by atoms with Crippen molar-refractivity contribution in [3.63, 3.8) is 0 Å². The molecule has 13 nitrogen and oxygen atoms in total. The lowest BCUT2D eigenvalue weighted by atomic mass is 9.83. The summed E-state index contributed by atoms with van der Waals surface area (Å²) < 4.78 is 72.9. The topological polar surface area (TPSA) is 116 Å². The van der Waals surface area contributed by atoms with Gasteiger partial charge >= 0.3 is 0 Å². The van der Waals surface area contributed by atoms with E-state index in [0.717, 1.165) is 241 Å². The second-order valence-corrected chi connectivity index (χ2v) is 38.4. The van der Waals surface area contributed by atoms with Gasteiger partial charge in [0.25, 0.3) is 0 Å². The van der Waals surface area contributed by atoms with Crippen LogP contribution in [0.5, 0.6) is 0 Å². The molecule has 4 fully saturated rings. The molecule has 692 valence electrons. The van der Waals surface area contributed by atoms with E-state index in [2.05, 4.69) is 293 Å². The van der Waals surface area contributed by atoms with Crippen molar-refractivity contribution in [3.8, 4) is 50.2 Å². The van der Waals surface area contributed by atoms with Crippen molar-refractivity contribution in [3.05, 3.63) is 283 Å². The first kappa shape index (κ1) is 93.4. The Morgan fingerprint density at radius 1 is 0.233 bits per heavy atom. The van der Waals surface area contributed by atoms with Gasteiger partial charge in [-0.05, 0) is 283 Å². The molecule has 0 unspecified atom stereocenters. The Morgan fingerprint density at radius 3 is 0.880 bits per heavy atom. The lowest BCUT2D eigenvalue weighted by Gasteiger charge is -2.40. The maximum atomic E-state index is 6.30. The van der Waals surface area contributed by atoms with Crippen molar-refractivity contribution in [2.45, 2.75) is 157 Å². The fourth-order valence-electron chi connectivity index (χ4n) is 20.0. The van der Waals surface area contributed by atoms with Crippen molar-refractivity contribution in [2.75, 3.05) is 132 Å². The molecule has 14 aromatic carbocycles. The number of rotatable bonds is 49. The highest BCUT2D eigenvalue weighted by Gasteiger charge is 2.40. The first-order valence-corrected chi connectivity index (χ1v) is 49.7. The number of fused-ring (bicyclic) bond motifs is 10. The highest BCUT2D eigenvalue weighted by Crippen LogP contribution is 2.50. The average molecular weight is 1780 g/mol. The van der Waals surface area contributed by atoms with Crippen LogP contribution in [0.3, 0.4) is 0 Å². The lowest BCUT2D eigenvalue weighted by Crippen LogP contribution is -2.45. The molecule has 15 aromatic rings. The van der Waals surface area contributed by atoms with Gasteiger partial charge in [0, 0.05) is 91.0 Å². The second-order valence-electron chi connectivity index (χ2n) is 38.4. The summed E-state index contributed by atoms with van der Waals surface area (Å²) in [5, 5.41) is 17.5. The Bertz CT molecular complexity index is 6210. The Balaban J connectivity index is 0.000000179. The molecule has 0 aliphatic carbocycles. The van der Waals surface area contributed by atoms with E-state index in [4.69, 9.17) is 56.8 Å². The average Bonchev–Trinajstić information content (AvgIpc) is 1.11. The molecule has 19 rings (SSSR count). The number of benzene rings is 14. The standard InChI is InChI=1S/C62H69NO6.C58H66O6/c1-3-61(42-68-43-61)40-66-34-16-6-14-32-64-38-46-24-27-48(28-25-46)59-51-20-10-12-22-53(51)60(54-23-13-11-21-52(54)59)49-29-31-58-56(37-49)55-36-47(26-30-57(55)63(58)50-18-8-5-9-19-50)39-65-33-15-7-17-35-67-41-62(4-2)44-69-45-62;1-3-57(39-63-40-57)37-61-31-15-5-13-29-59-35-43-23-26-45(27-24-43)55-49-19-9-11-21-51(49)56(52-22-12-10-20-50(52)55)54-34-46-28-25-44(33-53(46)47-17-7-8-18-48(47)54)36-60-30-14-6-16-32-62-38-58(4-2)41-64-42-58/h5,8-13,18-31,36-37H,3-4,6-7,14-17,32-35,38-45H2,1-2H3;7-12,17-28,33-34H,3-6,13-16,29-32,35-42H2,1-2H3. The summed E-state index contributed by atoms with van der Waals surface area (Å²) in [5.41, 5.74) is 19.3. The first-order chi connectivity index (χ1) is 65.7. The third-order valence-electron chi connectivity index (χ3n) is 29.0. The van der Waals surface area contributed by atoms with Gasteiger partial charge in [-0.25, -0.2) is 0 Å². The molecule has 4 aliphatic heterocycles. The normalized spacial score (nSPS) is 15.4. The van der Waals surface area contributed by atoms with Crippen molar-refractivity contribution in [1.82, 2.24) is 4.57 Å². The second kappa shape index (κ2) is 45.1. The summed E-state index contributed by atoms with van der Waals surface area (Å²) >= 11 is 0. The van der Waals surface area contributed by atoms with Gasteiger partial charge in [-0.2, -0.15) is 0 Å².